The fourth-order valence-electron chi connectivity index (χ4n) is 2.21. The third-order valence-electron chi connectivity index (χ3n) is 3.66. The molecule has 5 nitrogen and oxygen atoms in total. The van der Waals surface area contributed by atoms with Crippen LogP contribution in [-0.4, -0.2) is 23.8 Å². The first-order valence-corrected chi connectivity index (χ1v) is 8.54. The van der Waals surface area contributed by atoms with Gasteiger partial charge in [0.15, 0.2) is 0 Å². The maximum Gasteiger partial charge on any atom is 0.271 e. The van der Waals surface area contributed by atoms with Crippen LogP contribution in [0.1, 0.15) is 48.5 Å². The SMILES string of the molecule is CCCCCCOc1ccc(C(=O)N/N=C/c2ccc(O)cc2)cc1. The molecule has 2 rings (SSSR count). The first-order valence-electron chi connectivity index (χ1n) is 8.54. The van der Waals surface area contributed by atoms with E-state index in [-0.39, 0.29) is 11.7 Å². The summed E-state index contributed by atoms with van der Waals surface area (Å²) in [5.41, 5.74) is 3.77. The fraction of sp³-hybridized carbons (Fsp3) is 0.300. The van der Waals surface area contributed by atoms with Crippen LogP contribution >= 0.6 is 0 Å². The molecule has 25 heavy (non-hydrogen) atoms. The number of aromatic hydroxyl groups is 1. The molecular weight excluding hydrogens is 316 g/mol. The fourth-order valence-corrected chi connectivity index (χ4v) is 2.21. The summed E-state index contributed by atoms with van der Waals surface area (Å²) in [6.45, 7) is 2.88. The Bertz CT molecular complexity index is 679. The van der Waals surface area contributed by atoms with E-state index in [1.54, 1.807) is 48.5 Å². The summed E-state index contributed by atoms with van der Waals surface area (Å²) < 4.78 is 5.65. The van der Waals surface area contributed by atoms with Gasteiger partial charge in [0.1, 0.15) is 11.5 Å². The van der Waals surface area contributed by atoms with E-state index in [0.717, 1.165) is 17.7 Å². The number of nitrogens with one attached hydrogen (secondary N) is 1. The third-order valence-corrected chi connectivity index (χ3v) is 3.66. The van der Waals surface area contributed by atoms with Gasteiger partial charge in [0.05, 0.1) is 12.8 Å². The van der Waals surface area contributed by atoms with Crippen LogP contribution in [0.15, 0.2) is 53.6 Å². The lowest BCUT2D eigenvalue weighted by molar-refractivity contribution is 0.0955. The normalized spacial score (nSPS) is 10.8. The van der Waals surface area contributed by atoms with Gasteiger partial charge in [-0.3, -0.25) is 4.79 Å². The van der Waals surface area contributed by atoms with Crippen LogP contribution in [0.25, 0.3) is 0 Å². The minimum atomic E-state index is -0.287. The van der Waals surface area contributed by atoms with Crippen molar-refractivity contribution in [2.45, 2.75) is 32.6 Å². The van der Waals surface area contributed by atoms with Gasteiger partial charge in [-0.15, -0.1) is 0 Å². The highest BCUT2D eigenvalue weighted by atomic mass is 16.5. The molecule has 0 aliphatic heterocycles. The van der Waals surface area contributed by atoms with Crippen LogP contribution in [0.4, 0.5) is 0 Å². The van der Waals surface area contributed by atoms with Gasteiger partial charge < -0.3 is 9.84 Å². The van der Waals surface area contributed by atoms with E-state index in [0.29, 0.717) is 12.2 Å². The molecule has 0 bridgehead atoms. The number of phenols is 1. The molecular formula is C20H24N2O3. The number of carbonyl (C=O) groups is 1. The number of benzene rings is 2. The van der Waals surface area contributed by atoms with Crippen LogP contribution in [0.3, 0.4) is 0 Å². The standard InChI is InChI=1S/C20H24N2O3/c1-2-3-4-5-14-25-19-12-8-17(9-13-19)20(24)22-21-15-16-6-10-18(23)11-7-16/h6-13,15,23H,2-5,14H2,1H3,(H,22,24)/b21-15+. The summed E-state index contributed by atoms with van der Waals surface area (Å²) in [5, 5.41) is 13.1. The van der Waals surface area contributed by atoms with E-state index < -0.39 is 0 Å². The molecule has 1 amide bonds. The van der Waals surface area contributed by atoms with E-state index >= 15 is 0 Å². The topological polar surface area (TPSA) is 70.9 Å². The lowest BCUT2D eigenvalue weighted by Crippen LogP contribution is -2.17. The Morgan fingerprint density at radius 3 is 2.48 bits per heavy atom. The highest BCUT2D eigenvalue weighted by Gasteiger charge is 2.04. The van der Waals surface area contributed by atoms with Crippen LogP contribution in [0, 0.1) is 0 Å². The van der Waals surface area contributed by atoms with Crippen molar-refractivity contribution >= 4 is 12.1 Å². The molecule has 5 heteroatoms. The molecule has 0 spiro atoms. The predicted octanol–water partition coefficient (Wildman–Crippen LogP) is 4.12. The molecule has 0 saturated heterocycles. The molecule has 2 aromatic carbocycles. The molecule has 0 aliphatic carbocycles. The average molecular weight is 340 g/mol. The first kappa shape index (κ1) is 18.5. The van der Waals surface area contributed by atoms with Crippen molar-refractivity contribution in [1.82, 2.24) is 5.43 Å². The highest BCUT2D eigenvalue weighted by Crippen LogP contribution is 2.13. The third kappa shape index (κ3) is 6.67. The van der Waals surface area contributed by atoms with Gasteiger partial charge in [0.2, 0.25) is 0 Å². The Kier molecular flexibility index (Phi) is 7.50. The lowest BCUT2D eigenvalue weighted by atomic mass is 10.2. The first-order chi connectivity index (χ1) is 12.2. The average Bonchev–Trinajstić information content (AvgIpc) is 2.63. The van der Waals surface area contributed by atoms with Gasteiger partial charge in [-0.1, -0.05) is 26.2 Å². The van der Waals surface area contributed by atoms with Crippen LogP contribution < -0.4 is 10.2 Å². The minimum absolute atomic E-state index is 0.189. The molecule has 132 valence electrons. The Morgan fingerprint density at radius 1 is 1.08 bits per heavy atom. The van der Waals surface area contributed by atoms with Crippen LogP contribution in [-0.2, 0) is 0 Å². The predicted molar refractivity (Wildman–Crippen MR) is 99.2 cm³/mol. The number of hydrogen-bond donors (Lipinski definition) is 2. The Labute approximate surface area is 148 Å². The lowest BCUT2D eigenvalue weighted by Gasteiger charge is -2.06. The van der Waals surface area contributed by atoms with Crippen molar-refractivity contribution < 1.29 is 14.6 Å². The second kappa shape index (κ2) is 10.1. The summed E-state index contributed by atoms with van der Waals surface area (Å²) >= 11 is 0. The van der Waals surface area contributed by atoms with E-state index in [2.05, 4.69) is 17.5 Å². The number of nitrogens with zero attached hydrogens (tertiary/aromatic N) is 1. The maximum atomic E-state index is 12.0. The highest BCUT2D eigenvalue weighted by molar-refractivity contribution is 5.95. The summed E-state index contributed by atoms with van der Waals surface area (Å²) in [7, 11) is 0. The summed E-state index contributed by atoms with van der Waals surface area (Å²) in [4.78, 5) is 12.0. The van der Waals surface area contributed by atoms with Gasteiger partial charge >= 0.3 is 0 Å². The molecule has 0 saturated carbocycles. The zero-order chi connectivity index (χ0) is 17.9. The maximum absolute atomic E-state index is 12.0. The smallest absolute Gasteiger partial charge is 0.271 e. The number of hydrazone groups is 1. The second-order valence-corrected chi connectivity index (χ2v) is 5.72. The number of hydrogen-bond acceptors (Lipinski definition) is 4. The van der Waals surface area contributed by atoms with Gasteiger partial charge in [-0.05, 0) is 60.5 Å². The van der Waals surface area contributed by atoms with Crippen molar-refractivity contribution in [3.8, 4) is 11.5 Å². The van der Waals surface area contributed by atoms with Gasteiger partial charge in [0, 0.05) is 5.56 Å². The number of phenolic OH excluding ortho intramolecular Hbond substituents is 1. The van der Waals surface area contributed by atoms with Gasteiger partial charge in [-0.25, -0.2) is 5.43 Å². The van der Waals surface area contributed by atoms with E-state index in [4.69, 9.17) is 4.74 Å². The number of rotatable bonds is 9. The van der Waals surface area contributed by atoms with E-state index in [9.17, 15) is 9.90 Å². The summed E-state index contributed by atoms with van der Waals surface area (Å²) in [6, 6.07) is 13.5. The number of amides is 1. The molecule has 2 N–H and O–H groups in total. The molecule has 0 unspecified atom stereocenters. The summed E-state index contributed by atoms with van der Waals surface area (Å²) in [5.74, 6) is 0.666. The second-order valence-electron chi connectivity index (χ2n) is 5.72. The molecule has 0 aliphatic rings. The molecule has 0 radical (unpaired) electrons. The zero-order valence-electron chi connectivity index (χ0n) is 14.4. The van der Waals surface area contributed by atoms with Crippen LogP contribution in [0.2, 0.25) is 0 Å². The van der Waals surface area contributed by atoms with Crippen molar-refractivity contribution in [3.05, 3.63) is 59.7 Å². The summed E-state index contributed by atoms with van der Waals surface area (Å²) in [6.07, 6.45) is 6.18. The molecule has 2 aromatic rings. The molecule has 0 aromatic heterocycles. The van der Waals surface area contributed by atoms with Crippen molar-refractivity contribution in [1.29, 1.82) is 0 Å². The zero-order valence-corrected chi connectivity index (χ0v) is 14.4. The van der Waals surface area contributed by atoms with Gasteiger partial charge in [-0.2, -0.15) is 5.10 Å². The largest absolute Gasteiger partial charge is 0.508 e. The molecule has 0 heterocycles. The van der Waals surface area contributed by atoms with Crippen molar-refractivity contribution in [3.63, 3.8) is 0 Å². The Morgan fingerprint density at radius 2 is 1.80 bits per heavy atom. The monoisotopic (exact) mass is 340 g/mol. The number of carbonyl (C=O) groups excluding carboxylic acids is 1. The molecule has 0 atom stereocenters. The minimum Gasteiger partial charge on any atom is -0.508 e. The van der Waals surface area contributed by atoms with E-state index in [1.165, 1.54) is 25.5 Å². The Hall–Kier alpha value is -2.82. The number of ether oxygens (including phenoxy) is 1. The number of unbranched alkanes of at least 4 members (excludes halogenated alkanes) is 3. The quantitative estimate of drug-likeness (QED) is 0.410. The van der Waals surface area contributed by atoms with Crippen molar-refractivity contribution in [2.75, 3.05) is 6.61 Å². The van der Waals surface area contributed by atoms with E-state index in [1.807, 2.05) is 0 Å². The van der Waals surface area contributed by atoms with Gasteiger partial charge in [0.25, 0.3) is 5.91 Å². The Balaban J connectivity index is 1.78. The van der Waals surface area contributed by atoms with Crippen molar-refractivity contribution in [2.24, 2.45) is 5.10 Å². The van der Waals surface area contributed by atoms with Crippen LogP contribution in [0.5, 0.6) is 11.5 Å². The molecule has 0 fully saturated rings.